The number of hydrogen-bond acceptors (Lipinski definition) is 3. The van der Waals surface area contributed by atoms with Crippen LogP contribution in [0, 0.1) is 6.92 Å². The summed E-state index contributed by atoms with van der Waals surface area (Å²) in [6.07, 6.45) is 0.793. The topological polar surface area (TPSA) is 72.6 Å². The summed E-state index contributed by atoms with van der Waals surface area (Å²) in [5.41, 5.74) is 7.65. The molecule has 1 atom stereocenters. The lowest BCUT2D eigenvalue weighted by Gasteiger charge is -2.11. The van der Waals surface area contributed by atoms with Gasteiger partial charge in [0.1, 0.15) is 12.6 Å². The number of aryl methyl sites for hydroxylation is 1. The first-order valence-corrected chi connectivity index (χ1v) is 5.83. The summed E-state index contributed by atoms with van der Waals surface area (Å²) in [6.45, 7) is 6.22. The second-order valence-corrected chi connectivity index (χ2v) is 4.30. The van der Waals surface area contributed by atoms with E-state index in [1.165, 1.54) is 5.56 Å². The predicted molar refractivity (Wildman–Crippen MR) is 70.0 cm³/mol. The van der Waals surface area contributed by atoms with Crippen LogP contribution in [-0.4, -0.2) is 17.1 Å². The molecule has 1 unspecified atom stereocenters. The summed E-state index contributed by atoms with van der Waals surface area (Å²) in [5, 5.41) is 8.63. The van der Waals surface area contributed by atoms with Gasteiger partial charge < -0.3 is 15.6 Å². The van der Waals surface area contributed by atoms with E-state index in [2.05, 4.69) is 6.58 Å². The molecule has 0 aliphatic rings. The van der Waals surface area contributed by atoms with E-state index in [0.717, 1.165) is 5.56 Å². The second kappa shape index (κ2) is 6.81. The van der Waals surface area contributed by atoms with Gasteiger partial charge in [-0.3, -0.25) is 4.79 Å². The molecule has 18 heavy (non-hydrogen) atoms. The Labute approximate surface area is 107 Å². The molecule has 4 nitrogen and oxygen atoms in total. The van der Waals surface area contributed by atoms with Crippen molar-refractivity contribution in [1.82, 2.24) is 0 Å². The molecule has 0 fully saturated rings. The van der Waals surface area contributed by atoms with Crippen LogP contribution in [0.5, 0.6) is 0 Å². The monoisotopic (exact) mass is 249 g/mol. The minimum atomic E-state index is -0.999. The van der Waals surface area contributed by atoms with Gasteiger partial charge in [-0.15, -0.1) is 0 Å². The maximum absolute atomic E-state index is 10.5. The van der Waals surface area contributed by atoms with Crippen molar-refractivity contribution >= 4 is 5.97 Å². The van der Waals surface area contributed by atoms with Crippen LogP contribution in [0.2, 0.25) is 0 Å². The molecule has 0 aromatic heterocycles. The maximum Gasteiger partial charge on any atom is 0.320 e. The first-order chi connectivity index (χ1) is 8.49. The molecule has 4 heteroatoms. The highest BCUT2D eigenvalue weighted by molar-refractivity contribution is 5.72. The Bertz CT molecular complexity index is 412. The summed E-state index contributed by atoms with van der Waals surface area (Å²) < 4.78 is 5.46. The van der Waals surface area contributed by atoms with Crippen LogP contribution in [-0.2, 0) is 16.1 Å². The molecule has 0 amide bonds. The number of ether oxygens (including phenoxy) is 1. The zero-order valence-corrected chi connectivity index (χ0v) is 10.6. The molecule has 0 saturated carbocycles. The highest BCUT2D eigenvalue weighted by Crippen LogP contribution is 2.11. The van der Waals surface area contributed by atoms with Gasteiger partial charge in [-0.05, 0) is 18.9 Å². The number of nitrogens with two attached hydrogens (primary N) is 1. The van der Waals surface area contributed by atoms with Crippen LogP contribution in [0.4, 0.5) is 0 Å². The van der Waals surface area contributed by atoms with E-state index in [1.807, 2.05) is 31.2 Å². The first kappa shape index (κ1) is 14.3. The molecular weight excluding hydrogens is 230 g/mol. The van der Waals surface area contributed by atoms with E-state index in [0.29, 0.717) is 25.2 Å². The molecule has 0 spiro atoms. The number of carboxylic acid groups (broad SMARTS) is 1. The quantitative estimate of drug-likeness (QED) is 0.727. The number of hydrogen-bond donors (Lipinski definition) is 2. The van der Waals surface area contributed by atoms with Gasteiger partial charge in [0.05, 0.1) is 5.76 Å². The third kappa shape index (κ3) is 5.01. The van der Waals surface area contributed by atoms with Gasteiger partial charge in [0.15, 0.2) is 0 Å². The normalized spacial score (nSPS) is 11.9. The Balaban J connectivity index is 2.29. The predicted octanol–water partition coefficient (Wildman–Crippen LogP) is 2.22. The zero-order chi connectivity index (χ0) is 13.5. The summed E-state index contributed by atoms with van der Waals surface area (Å²) in [5.74, 6) is -0.436. The number of allylic oxidation sites excluding steroid dienone is 1. The van der Waals surface area contributed by atoms with Crippen LogP contribution in [0.15, 0.2) is 36.6 Å². The summed E-state index contributed by atoms with van der Waals surface area (Å²) in [7, 11) is 0. The van der Waals surface area contributed by atoms with Crippen molar-refractivity contribution in [3.8, 4) is 0 Å². The van der Waals surface area contributed by atoms with Crippen LogP contribution in [0.3, 0.4) is 0 Å². The minimum Gasteiger partial charge on any atom is -0.494 e. The molecule has 0 radical (unpaired) electrons. The Morgan fingerprint density at radius 2 is 2.06 bits per heavy atom. The largest absolute Gasteiger partial charge is 0.494 e. The molecule has 0 saturated heterocycles. The first-order valence-electron chi connectivity index (χ1n) is 5.83. The van der Waals surface area contributed by atoms with Crippen molar-refractivity contribution in [2.75, 3.05) is 0 Å². The molecule has 0 aliphatic heterocycles. The molecule has 0 bridgehead atoms. The number of rotatable bonds is 7. The van der Waals surface area contributed by atoms with Gasteiger partial charge in [-0.2, -0.15) is 0 Å². The lowest BCUT2D eigenvalue weighted by molar-refractivity contribution is -0.138. The SMILES string of the molecule is C=C(CCC(N)C(=O)O)OCc1ccc(C)cc1. The number of carbonyl (C=O) groups is 1. The van der Waals surface area contributed by atoms with Gasteiger partial charge in [0, 0.05) is 6.42 Å². The fraction of sp³-hybridized carbons (Fsp3) is 0.357. The van der Waals surface area contributed by atoms with Crippen LogP contribution in [0.25, 0.3) is 0 Å². The lowest BCUT2D eigenvalue weighted by Crippen LogP contribution is -2.29. The fourth-order valence-electron chi connectivity index (χ4n) is 1.38. The van der Waals surface area contributed by atoms with Crippen molar-refractivity contribution < 1.29 is 14.6 Å². The third-order valence-electron chi connectivity index (χ3n) is 2.61. The minimum absolute atomic E-state index is 0.335. The van der Waals surface area contributed by atoms with Crippen LogP contribution < -0.4 is 5.73 Å². The fourth-order valence-corrected chi connectivity index (χ4v) is 1.38. The van der Waals surface area contributed by atoms with Crippen molar-refractivity contribution in [2.24, 2.45) is 5.73 Å². The maximum atomic E-state index is 10.5. The van der Waals surface area contributed by atoms with E-state index >= 15 is 0 Å². The Morgan fingerprint density at radius 1 is 1.44 bits per heavy atom. The third-order valence-corrected chi connectivity index (χ3v) is 2.61. The smallest absolute Gasteiger partial charge is 0.320 e. The number of benzene rings is 1. The number of aliphatic carboxylic acids is 1. The molecule has 0 heterocycles. The van der Waals surface area contributed by atoms with Crippen LogP contribution in [0.1, 0.15) is 24.0 Å². The average molecular weight is 249 g/mol. The molecule has 1 aromatic carbocycles. The van der Waals surface area contributed by atoms with Crippen molar-refractivity contribution in [1.29, 1.82) is 0 Å². The van der Waals surface area contributed by atoms with E-state index in [-0.39, 0.29) is 0 Å². The van der Waals surface area contributed by atoms with E-state index < -0.39 is 12.0 Å². The molecule has 1 rings (SSSR count). The zero-order valence-electron chi connectivity index (χ0n) is 10.6. The second-order valence-electron chi connectivity index (χ2n) is 4.30. The Morgan fingerprint density at radius 3 is 2.61 bits per heavy atom. The van der Waals surface area contributed by atoms with Gasteiger partial charge in [0.25, 0.3) is 0 Å². The molecule has 0 aliphatic carbocycles. The summed E-state index contributed by atoms with van der Waals surface area (Å²) in [4.78, 5) is 10.5. The van der Waals surface area contributed by atoms with E-state index in [4.69, 9.17) is 15.6 Å². The van der Waals surface area contributed by atoms with E-state index in [1.54, 1.807) is 0 Å². The molecule has 98 valence electrons. The number of carboxylic acids is 1. The highest BCUT2D eigenvalue weighted by atomic mass is 16.5. The van der Waals surface area contributed by atoms with Crippen molar-refractivity contribution in [3.05, 3.63) is 47.7 Å². The van der Waals surface area contributed by atoms with E-state index in [9.17, 15) is 4.79 Å². The Kier molecular flexibility index (Phi) is 5.39. The van der Waals surface area contributed by atoms with Crippen molar-refractivity contribution in [2.45, 2.75) is 32.4 Å². The molecule has 3 N–H and O–H groups in total. The van der Waals surface area contributed by atoms with Gasteiger partial charge >= 0.3 is 5.97 Å². The lowest BCUT2D eigenvalue weighted by atomic mass is 10.1. The average Bonchev–Trinajstić information content (AvgIpc) is 2.35. The summed E-state index contributed by atoms with van der Waals surface area (Å²) in [6, 6.07) is 7.16. The summed E-state index contributed by atoms with van der Waals surface area (Å²) >= 11 is 0. The van der Waals surface area contributed by atoms with Crippen LogP contribution >= 0.6 is 0 Å². The Hall–Kier alpha value is -1.81. The van der Waals surface area contributed by atoms with Gasteiger partial charge in [0.2, 0.25) is 0 Å². The standard InChI is InChI=1S/C14H19NO3/c1-10-3-6-12(7-4-10)9-18-11(2)5-8-13(15)14(16)17/h3-4,6-7,13H,2,5,8-9,15H2,1H3,(H,16,17). The molecule has 1 aromatic rings. The van der Waals surface area contributed by atoms with Gasteiger partial charge in [-0.1, -0.05) is 36.4 Å². The molecular formula is C14H19NO3. The van der Waals surface area contributed by atoms with Gasteiger partial charge in [-0.25, -0.2) is 0 Å². The highest BCUT2D eigenvalue weighted by Gasteiger charge is 2.11. The van der Waals surface area contributed by atoms with Crippen molar-refractivity contribution in [3.63, 3.8) is 0 Å².